The zero-order valence-corrected chi connectivity index (χ0v) is 56.2. The van der Waals surface area contributed by atoms with Gasteiger partial charge in [0.25, 0.3) is 0 Å². The van der Waals surface area contributed by atoms with Gasteiger partial charge in [-0.15, -0.1) is 0 Å². The van der Waals surface area contributed by atoms with E-state index in [1.165, 1.54) is 77.0 Å². The number of likely N-dealkylation sites (N-methyl/N-ethyl adjacent to an activating group) is 1. The number of unbranched alkanes of at least 4 members (excludes halogenated alkanes) is 19. The number of thioether (sulfide) groups is 1. The lowest BCUT2D eigenvalue weighted by Gasteiger charge is -2.28. The van der Waals surface area contributed by atoms with Crippen LogP contribution in [0.5, 0.6) is 0 Å². The highest BCUT2D eigenvalue weighted by atomic mass is 32.2. The van der Waals surface area contributed by atoms with Crippen LogP contribution in [0.4, 0.5) is 4.79 Å². The van der Waals surface area contributed by atoms with Crippen LogP contribution in [-0.2, 0) is 66.6 Å². The van der Waals surface area contributed by atoms with Crippen molar-refractivity contribution in [1.82, 2.24) is 31.9 Å². The van der Waals surface area contributed by atoms with Crippen molar-refractivity contribution >= 4 is 47.4 Å². The summed E-state index contributed by atoms with van der Waals surface area (Å²) < 4.78 is 50.8. The first-order valence-corrected chi connectivity index (χ1v) is 35.3. The van der Waals surface area contributed by atoms with E-state index in [2.05, 4.69) is 38.8 Å². The summed E-state index contributed by atoms with van der Waals surface area (Å²) in [6.45, 7) is 11.8. The summed E-state index contributed by atoms with van der Waals surface area (Å²) in [7, 11) is 6.09. The molecule has 2 rings (SSSR count). The Morgan fingerprint density at radius 2 is 0.795 bits per heavy atom. The Bertz CT molecular complexity index is 1740. The van der Waals surface area contributed by atoms with Crippen molar-refractivity contribution in [2.24, 2.45) is 0 Å². The first kappa shape index (κ1) is 80.7. The van der Waals surface area contributed by atoms with Gasteiger partial charge in [-0.3, -0.25) is 24.0 Å². The van der Waals surface area contributed by atoms with Crippen LogP contribution in [0, 0.1) is 0 Å². The van der Waals surface area contributed by atoms with Crippen molar-refractivity contribution in [3.8, 4) is 0 Å². The Kier molecular flexibility index (Phi) is 52.7. The van der Waals surface area contributed by atoms with Gasteiger partial charge in [0, 0.05) is 62.9 Å². The molecule has 88 heavy (non-hydrogen) atoms. The number of carbonyl (C=O) groups is 6. The minimum absolute atomic E-state index is 0.00976. The van der Waals surface area contributed by atoms with Crippen molar-refractivity contribution in [2.45, 2.75) is 217 Å². The second-order valence-electron chi connectivity index (χ2n) is 24.3. The van der Waals surface area contributed by atoms with Crippen LogP contribution in [0.15, 0.2) is 0 Å². The fraction of sp³-hybridized carbons (Fsp3) is 0.908. The van der Waals surface area contributed by atoms with E-state index in [9.17, 15) is 28.8 Å². The average Bonchev–Trinajstić information content (AvgIpc) is 4.17. The van der Waals surface area contributed by atoms with Crippen LogP contribution in [0.1, 0.15) is 193 Å². The van der Waals surface area contributed by atoms with E-state index in [0.29, 0.717) is 174 Å². The number of carbonyl (C=O) groups excluding carboxylic acids is 6. The zero-order chi connectivity index (χ0) is 63.6. The molecule has 4 atom stereocenters. The number of hydrogen-bond donors (Lipinski definition) is 6. The van der Waals surface area contributed by atoms with E-state index in [4.69, 9.17) is 42.6 Å². The van der Waals surface area contributed by atoms with Gasteiger partial charge >= 0.3 is 12.0 Å². The van der Waals surface area contributed by atoms with E-state index in [0.717, 1.165) is 82.8 Å². The molecule has 0 radical (unpaired) electrons. The third-order valence-electron chi connectivity index (χ3n) is 15.1. The molecule has 0 aromatic rings. The molecule has 1 unspecified atom stereocenters. The van der Waals surface area contributed by atoms with Crippen molar-refractivity contribution in [3.63, 3.8) is 0 Å². The van der Waals surface area contributed by atoms with Crippen LogP contribution >= 0.6 is 11.8 Å². The molecular weight excluding hydrogens is 1150 g/mol. The third-order valence-corrected chi connectivity index (χ3v) is 16.6. The lowest BCUT2D eigenvalue weighted by molar-refractivity contribution is -0.873. The van der Waals surface area contributed by atoms with E-state index in [1.54, 1.807) is 0 Å². The van der Waals surface area contributed by atoms with E-state index >= 15 is 0 Å². The molecule has 0 aromatic carbocycles. The lowest BCUT2D eigenvalue weighted by atomic mass is 10.0. The molecule has 6 N–H and O–H groups in total. The van der Waals surface area contributed by atoms with Crippen LogP contribution in [-0.4, -0.2) is 229 Å². The van der Waals surface area contributed by atoms with Crippen molar-refractivity contribution < 1.29 is 75.9 Å². The molecule has 0 saturated carbocycles. The number of rotatable bonds is 65. The van der Waals surface area contributed by atoms with E-state index in [-0.39, 0.29) is 54.1 Å². The monoisotopic (exact) mass is 1270 g/mol. The number of esters is 1. The third kappa shape index (κ3) is 51.3. The first-order chi connectivity index (χ1) is 42.9. The molecule has 2 fully saturated rings. The first-order valence-electron chi connectivity index (χ1n) is 34.2. The van der Waals surface area contributed by atoms with Gasteiger partial charge in [0.2, 0.25) is 23.6 Å². The average molecular weight is 1280 g/mol. The normalized spacial score (nSPS) is 15.8. The summed E-state index contributed by atoms with van der Waals surface area (Å²) in [6.07, 6.45) is 28.4. The van der Waals surface area contributed by atoms with Gasteiger partial charge < -0.3 is 79.0 Å². The van der Waals surface area contributed by atoms with E-state index < -0.39 is 6.10 Å². The second kappa shape index (κ2) is 57.5. The Morgan fingerprint density at radius 1 is 0.443 bits per heavy atom. The number of ether oxygens (including phenoxy) is 9. The highest BCUT2D eigenvalue weighted by molar-refractivity contribution is 8.00. The zero-order valence-electron chi connectivity index (χ0n) is 55.4. The predicted molar refractivity (Wildman–Crippen MR) is 346 cm³/mol. The molecular formula is C65H124N7O15S+. The largest absolute Gasteiger partial charge is 0.456 e. The number of nitrogens with one attached hydrogen (secondary N) is 6. The highest BCUT2D eigenvalue weighted by Gasteiger charge is 2.42. The van der Waals surface area contributed by atoms with Gasteiger partial charge in [-0.1, -0.05) is 116 Å². The van der Waals surface area contributed by atoms with E-state index in [1.807, 2.05) is 32.9 Å². The molecule has 0 aromatic heterocycles. The number of fused-ring (bicyclic) bond motifs is 1. The molecule has 2 aliphatic heterocycles. The molecule has 0 aliphatic carbocycles. The van der Waals surface area contributed by atoms with Gasteiger partial charge in [0.15, 0.2) is 6.10 Å². The number of quaternary nitrogens is 1. The van der Waals surface area contributed by atoms with Crippen molar-refractivity contribution in [2.75, 3.05) is 165 Å². The van der Waals surface area contributed by atoms with Crippen LogP contribution in [0.3, 0.4) is 0 Å². The van der Waals surface area contributed by atoms with Gasteiger partial charge in [-0.25, -0.2) is 4.79 Å². The van der Waals surface area contributed by atoms with Gasteiger partial charge in [0.1, 0.15) is 6.54 Å². The molecule has 0 spiro atoms. The predicted octanol–water partition coefficient (Wildman–Crippen LogP) is 7.70. The van der Waals surface area contributed by atoms with Crippen LogP contribution in [0.25, 0.3) is 0 Å². The number of amides is 6. The summed E-state index contributed by atoms with van der Waals surface area (Å²) >= 11 is 1.90. The smallest absolute Gasteiger partial charge is 0.315 e. The maximum atomic E-state index is 12.7. The van der Waals surface area contributed by atoms with Crippen molar-refractivity contribution in [1.29, 1.82) is 0 Å². The topological polar surface area (TPSA) is 258 Å². The summed E-state index contributed by atoms with van der Waals surface area (Å²) in [4.78, 5) is 73.5. The summed E-state index contributed by atoms with van der Waals surface area (Å²) in [5, 5.41) is 18.1. The molecule has 0 bridgehead atoms. The highest BCUT2D eigenvalue weighted by Crippen LogP contribution is 2.33. The molecule has 23 heteroatoms. The minimum atomic E-state index is -0.477. The molecule has 6 amide bonds. The molecule has 2 saturated heterocycles. The molecule has 2 heterocycles. The van der Waals surface area contributed by atoms with Crippen LogP contribution in [0.2, 0.25) is 0 Å². The summed E-state index contributed by atoms with van der Waals surface area (Å²) in [5.41, 5.74) is 0. The number of hydrogen-bond acceptors (Lipinski definition) is 16. The van der Waals surface area contributed by atoms with Gasteiger partial charge in [-0.05, 0) is 44.9 Å². The Morgan fingerprint density at radius 3 is 1.22 bits per heavy atom. The Hall–Kier alpha value is -3.39. The summed E-state index contributed by atoms with van der Waals surface area (Å²) in [6, 6.07) is 0.378. The van der Waals surface area contributed by atoms with Gasteiger partial charge in [0.05, 0.1) is 145 Å². The number of urea groups is 1. The second-order valence-corrected chi connectivity index (χ2v) is 25.5. The number of nitrogens with zero attached hydrogens (tertiary/aromatic N) is 1. The van der Waals surface area contributed by atoms with Crippen molar-refractivity contribution in [3.05, 3.63) is 0 Å². The fourth-order valence-electron chi connectivity index (χ4n) is 10.3. The maximum absolute atomic E-state index is 12.7. The molecule has 22 nitrogen and oxygen atoms in total. The Balaban J connectivity index is 1.22. The SMILES string of the molecule is CCCCCCCCCCCCCCCCCC(=O)OC(CC(=O)NCCOCCOCCOCCOCCOCCOCCOCCOCCNC(=O)CCCCCNC(=O)CCCCCNC(=O)CCCC[C@@H]1SC[C@@H]2NC(=O)N[C@@H]21)C[N+](C)(C)C. The maximum Gasteiger partial charge on any atom is 0.315 e. The Labute approximate surface area is 534 Å². The summed E-state index contributed by atoms with van der Waals surface area (Å²) in [5.74, 6) is 0.675. The molecule has 514 valence electrons. The fourth-order valence-corrected chi connectivity index (χ4v) is 11.8. The minimum Gasteiger partial charge on any atom is -0.456 e. The van der Waals surface area contributed by atoms with Gasteiger partial charge in [-0.2, -0.15) is 11.8 Å². The lowest BCUT2D eigenvalue weighted by Crippen LogP contribution is -2.45. The van der Waals surface area contributed by atoms with Crippen LogP contribution < -0.4 is 31.9 Å². The quantitative estimate of drug-likeness (QED) is 0.0148. The molecule has 2 aliphatic rings. The standard InChI is InChI=1S/C65H123N7O15S/c1-5-6-7-8-9-10-11-12-13-14-15-16-17-18-23-32-63(77)87-56(54-72(2,3)4)53-62(76)69-36-38-80-40-42-82-44-46-84-48-50-86-52-51-85-49-47-83-45-43-81-41-39-79-37-35-68-61(75)30-22-20-27-33-66-59(73)29-21-19-26-34-67-60(74)31-25-24-28-58-64-57(55-88-58)70-65(78)71-64/h56-58,64H,5-55H2,1-4H3,(H5-,66,67,68,69,70,71,73,74,75,76,78)/p+1/t56?,57-,58-,64-/m0/s1.